The molecule has 1 aromatic rings. The molecule has 1 atom stereocenters. The van der Waals surface area contributed by atoms with Gasteiger partial charge in [0, 0.05) is 12.7 Å². The number of hydrogen-bond donors (Lipinski definition) is 2. The highest BCUT2D eigenvalue weighted by atomic mass is 32.2. The van der Waals surface area contributed by atoms with Gasteiger partial charge in [0.1, 0.15) is 6.04 Å². The second kappa shape index (κ2) is 6.78. The van der Waals surface area contributed by atoms with Crippen LogP contribution in [-0.2, 0) is 29.0 Å². The van der Waals surface area contributed by atoms with Crippen molar-refractivity contribution in [3.8, 4) is 0 Å². The van der Waals surface area contributed by atoms with Gasteiger partial charge in [-0.05, 0) is 18.6 Å². The monoisotopic (exact) mass is 340 g/mol. The molecule has 1 fully saturated rings. The number of nitrogens with one attached hydrogen (secondary N) is 2. The van der Waals surface area contributed by atoms with Crippen molar-refractivity contribution in [2.45, 2.75) is 23.8 Å². The summed E-state index contributed by atoms with van der Waals surface area (Å²) in [7, 11) is -3.50. The lowest BCUT2D eigenvalue weighted by atomic mass is 10.2. The first-order valence-electron chi connectivity index (χ1n) is 6.82. The first kappa shape index (κ1) is 16.9. The Bertz CT molecular complexity index is 743. The molecule has 0 bridgehead atoms. The number of amides is 2. The average Bonchev–Trinajstić information content (AvgIpc) is 2.91. The molecule has 8 nitrogen and oxygen atoms in total. The molecule has 0 aliphatic carbocycles. The number of benzene rings is 1. The van der Waals surface area contributed by atoms with E-state index >= 15 is 0 Å². The maximum atomic E-state index is 11.8. The zero-order valence-corrected chi connectivity index (χ0v) is 13.2. The van der Waals surface area contributed by atoms with Crippen LogP contribution < -0.4 is 10.6 Å². The maximum Gasteiger partial charge on any atom is 0.329 e. The van der Waals surface area contributed by atoms with Crippen LogP contribution in [0.3, 0.4) is 0 Å². The highest BCUT2D eigenvalue weighted by Crippen LogP contribution is 2.20. The SMILES string of the molecule is CS(=O)(=O)c1ccccc1NC(=O)COC(=O)[C@@H]1CCC(=O)N1. The number of sulfone groups is 1. The number of anilines is 1. The first-order chi connectivity index (χ1) is 10.8. The van der Waals surface area contributed by atoms with Gasteiger partial charge in [0.25, 0.3) is 5.91 Å². The quantitative estimate of drug-likeness (QED) is 0.720. The Kier molecular flexibility index (Phi) is 4.99. The summed E-state index contributed by atoms with van der Waals surface area (Å²) in [5.41, 5.74) is 0.116. The van der Waals surface area contributed by atoms with Gasteiger partial charge in [-0.25, -0.2) is 13.2 Å². The van der Waals surface area contributed by atoms with Crippen molar-refractivity contribution in [2.24, 2.45) is 0 Å². The Morgan fingerprint density at radius 3 is 2.65 bits per heavy atom. The molecule has 0 unspecified atom stereocenters. The fourth-order valence-electron chi connectivity index (χ4n) is 2.11. The lowest BCUT2D eigenvalue weighted by molar-refractivity contribution is -0.149. The van der Waals surface area contributed by atoms with Crippen LogP contribution in [0.1, 0.15) is 12.8 Å². The van der Waals surface area contributed by atoms with Crippen LogP contribution in [0.4, 0.5) is 5.69 Å². The molecule has 9 heteroatoms. The lowest BCUT2D eigenvalue weighted by Crippen LogP contribution is -2.36. The summed E-state index contributed by atoms with van der Waals surface area (Å²) in [5.74, 6) is -1.60. The third kappa shape index (κ3) is 4.52. The third-order valence-corrected chi connectivity index (χ3v) is 4.34. The predicted octanol–water partition coefficient (Wildman–Crippen LogP) is -0.150. The van der Waals surface area contributed by atoms with Gasteiger partial charge < -0.3 is 15.4 Å². The van der Waals surface area contributed by atoms with Gasteiger partial charge >= 0.3 is 5.97 Å². The summed E-state index contributed by atoms with van der Waals surface area (Å²) in [5, 5.41) is 4.82. The molecule has 23 heavy (non-hydrogen) atoms. The topological polar surface area (TPSA) is 119 Å². The molecule has 2 rings (SSSR count). The van der Waals surface area contributed by atoms with Crippen LogP contribution in [0, 0.1) is 0 Å². The van der Waals surface area contributed by atoms with Gasteiger partial charge in [0.2, 0.25) is 5.91 Å². The molecule has 1 aromatic carbocycles. The molecule has 0 aromatic heterocycles. The van der Waals surface area contributed by atoms with Crippen LogP contribution in [0.5, 0.6) is 0 Å². The van der Waals surface area contributed by atoms with Crippen molar-refractivity contribution in [3.63, 3.8) is 0 Å². The van der Waals surface area contributed by atoms with Gasteiger partial charge in [0.15, 0.2) is 16.4 Å². The number of carbonyl (C=O) groups is 3. The Balaban J connectivity index is 1.93. The highest BCUT2D eigenvalue weighted by molar-refractivity contribution is 7.90. The molecule has 1 saturated heterocycles. The molecular weight excluding hydrogens is 324 g/mol. The fraction of sp³-hybridized carbons (Fsp3) is 0.357. The largest absolute Gasteiger partial charge is 0.454 e. The van der Waals surface area contributed by atoms with E-state index in [0.717, 1.165) is 6.26 Å². The van der Waals surface area contributed by atoms with Crippen molar-refractivity contribution in [3.05, 3.63) is 24.3 Å². The summed E-state index contributed by atoms with van der Waals surface area (Å²) in [6.07, 6.45) is 1.60. The Labute approximate surface area is 133 Å². The highest BCUT2D eigenvalue weighted by Gasteiger charge is 2.28. The molecule has 2 amide bonds. The van der Waals surface area contributed by atoms with E-state index in [4.69, 9.17) is 4.74 Å². The zero-order chi connectivity index (χ0) is 17.0. The lowest BCUT2D eigenvalue weighted by Gasteiger charge is -2.12. The number of ether oxygens (including phenoxy) is 1. The van der Waals surface area contributed by atoms with Crippen LogP contribution in [0.25, 0.3) is 0 Å². The van der Waals surface area contributed by atoms with E-state index in [9.17, 15) is 22.8 Å². The van der Waals surface area contributed by atoms with E-state index in [1.54, 1.807) is 6.07 Å². The standard InChI is InChI=1S/C14H16N2O6S/c1-23(20,21)11-5-3-2-4-9(11)15-13(18)8-22-14(19)10-6-7-12(17)16-10/h2-5,10H,6-8H2,1H3,(H,15,18)(H,16,17)/t10-/m0/s1. The zero-order valence-electron chi connectivity index (χ0n) is 12.4. The second-order valence-corrected chi connectivity index (χ2v) is 7.07. The van der Waals surface area contributed by atoms with Gasteiger partial charge in [-0.3, -0.25) is 9.59 Å². The average molecular weight is 340 g/mol. The van der Waals surface area contributed by atoms with Gasteiger partial charge in [-0.2, -0.15) is 0 Å². The van der Waals surface area contributed by atoms with Crippen LogP contribution >= 0.6 is 0 Å². The Morgan fingerprint density at radius 1 is 1.35 bits per heavy atom. The maximum absolute atomic E-state index is 11.8. The molecule has 1 heterocycles. The molecule has 0 spiro atoms. The predicted molar refractivity (Wildman–Crippen MR) is 80.3 cm³/mol. The minimum Gasteiger partial charge on any atom is -0.454 e. The van der Waals surface area contributed by atoms with Crippen molar-refractivity contribution in [1.29, 1.82) is 0 Å². The first-order valence-corrected chi connectivity index (χ1v) is 8.71. The van der Waals surface area contributed by atoms with Crippen molar-refractivity contribution in [2.75, 3.05) is 18.2 Å². The van der Waals surface area contributed by atoms with Crippen LogP contribution in [0.15, 0.2) is 29.2 Å². The minimum absolute atomic E-state index is 0.0252. The number of para-hydroxylation sites is 1. The van der Waals surface area contributed by atoms with Crippen LogP contribution in [-0.4, -0.2) is 45.1 Å². The normalized spacial score (nSPS) is 17.4. The summed E-state index contributed by atoms with van der Waals surface area (Å²) < 4.78 is 28.1. The third-order valence-electron chi connectivity index (χ3n) is 3.19. The molecule has 124 valence electrons. The summed E-state index contributed by atoms with van der Waals surface area (Å²) >= 11 is 0. The van der Waals surface area contributed by atoms with Crippen molar-refractivity contribution < 1.29 is 27.5 Å². The molecule has 0 radical (unpaired) electrons. The summed E-state index contributed by atoms with van der Waals surface area (Å²) in [6.45, 7) is -0.566. The fourth-order valence-corrected chi connectivity index (χ4v) is 2.95. The number of hydrogen-bond acceptors (Lipinski definition) is 6. The summed E-state index contributed by atoms with van der Waals surface area (Å²) in [6, 6.07) is 5.18. The molecule has 1 aliphatic heterocycles. The molecule has 2 N–H and O–H groups in total. The second-order valence-electron chi connectivity index (χ2n) is 5.08. The van der Waals surface area contributed by atoms with E-state index in [-0.39, 0.29) is 22.9 Å². The van der Waals surface area contributed by atoms with Crippen molar-refractivity contribution >= 4 is 33.3 Å². The van der Waals surface area contributed by atoms with Crippen LogP contribution in [0.2, 0.25) is 0 Å². The Morgan fingerprint density at radius 2 is 2.04 bits per heavy atom. The van der Waals surface area contributed by atoms with Gasteiger partial charge in [0.05, 0.1) is 10.6 Å². The van der Waals surface area contributed by atoms with E-state index < -0.39 is 34.4 Å². The molecule has 0 saturated carbocycles. The Hall–Kier alpha value is -2.42. The van der Waals surface area contributed by atoms with Gasteiger partial charge in [-0.15, -0.1) is 0 Å². The number of rotatable bonds is 5. The van der Waals surface area contributed by atoms with Crippen molar-refractivity contribution in [1.82, 2.24) is 5.32 Å². The molecule has 1 aliphatic rings. The van der Waals surface area contributed by atoms with E-state index in [1.165, 1.54) is 18.2 Å². The number of esters is 1. The summed E-state index contributed by atoms with van der Waals surface area (Å²) in [4.78, 5) is 34.5. The smallest absolute Gasteiger partial charge is 0.329 e. The van der Waals surface area contributed by atoms with E-state index in [1.807, 2.05) is 0 Å². The van der Waals surface area contributed by atoms with E-state index in [2.05, 4.69) is 10.6 Å². The minimum atomic E-state index is -3.50. The molecular formula is C14H16N2O6S. The van der Waals surface area contributed by atoms with E-state index in [0.29, 0.717) is 6.42 Å². The number of carbonyl (C=O) groups excluding carboxylic acids is 3. The van der Waals surface area contributed by atoms with Gasteiger partial charge in [-0.1, -0.05) is 12.1 Å².